The Balaban J connectivity index is 2.13. The van der Waals surface area contributed by atoms with Gasteiger partial charge in [0.15, 0.2) is 0 Å². The summed E-state index contributed by atoms with van der Waals surface area (Å²) in [5.74, 6) is -2.46. The highest BCUT2D eigenvalue weighted by Crippen LogP contribution is 2.38. The third-order valence-corrected chi connectivity index (χ3v) is 2.20. The van der Waals surface area contributed by atoms with Gasteiger partial charge < -0.3 is 5.32 Å². The van der Waals surface area contributed by atoms with Crippen LogP contribution < -0.4 is 10.6 Å². The minimum Gasteiger partial charge on any atom is -0.312 e. The third-order valence-electron chi connectivity index (χ3n) is 2.20. The summed E-state index contributed by atoms with van der Waals surface area (Å²) in [5.41, 5.74) is -0.854. The maximum Gasteiger partial charge on any atom is 0.280 e. The first kappa shape index (κ1) is 5.56. The molecule has 1 spiro atoms. The molecule has 2 saturated heterocycles. The predicted molar refractivity (Wildman–Crippen MR) is 28.6 cm³/mol. The maximum atomic E-state index is 12.5. The van der Waals surface area contributed by atoms with Crippen molar-refractivity contribution in [1.82, 2.24) is 10.6 Å². The lowest BCUT2D eigenvalue weighted by molar-refractivity contribution is -0.174. The largest absolute Gasteiger partial charge is 0.312 e. The van der Waals surface area contributed by atoms with Gasteiger partial charge in [-0.05, 0) is 0 Å². The number of rotatable bonds is 0. The lowest BCUT2D eigenvalue weighted by atomic mass is 9.78. The molecular weight excluding hydrogens is 126 g/mol. The van der Waals surface area contributed by atoms with Crippen molar-refractivity contribution in [3.63, 3.8) is 0 Å². The first-order chi connectivity index (χ1) is 4.16. The van der Waals surface area contributed by atoms with Crippen LogP contribution in [0.5, 0.6) is 0 Å². The fourth-order valence-corrected chi connectivity index (χ4v) is 1.23. The molecule has 0 bridgehead atoms. The van der Waals surface area contributed by atoms with Gasteiger partial charge in [-0.2, -0.15) is 0 Å². The molecule has 2 fully saturated rings. The highest BCUT2D eigenvalue weighted by atomic mass is 19.3. The molecule has 4 heteroatoms. The van der Waals surface area contributed by atoms with Gasteiger partial charge in [0.2, 0.25) is 0 Å². The first-order valence-corrected chi connectivity index (χ1v) is 3.00. The van der Waals surface area contributed by atoms with E-state index in [0.717, 1.165) is 0 Å². The number of alkyl halides is 2. The van der Waals surface area contributed by atoms with Crippen LogP contribution in [0.4, 0.5) is 8.78 Å². The maximum absolute atomic E-state index is 12.5. The molecule has 0 aromatic carbocycles. The van der Waals surface area contributed by atoms with Crippen molar-refractivity contribution in [1.29, 1.82) is 0 Å². The van der Waals surface area contributed by atoms with Gasteiger partial charge in [-0.1, -0.05) is 0 Å². The standard InChI is InChI=1S/C5H8F2N2/c6-5(7)3-9-4(5)1-8-2-4/h8-9H,1-3H2. The second kappa shape index (κ2) is 1.27. The number of halogens is 2. The number of hydrogen-bond acceptors (Lipinski definition) is 2. The van der Waals surface area contributed by atoms with E-state index >= 15 is 0 Å². The summed E-state index contributed by atoms with van der Waals surface area (Å²) in [7, 11) is 0. The smallest absolute Gasteiger partial charge is 0.280 e. The Morgan fingerprint density at radius 2 is 1.78 bits per heavy atom. The summed E-state index contributed by atoms with van der Waals surface area (Å²) in [4.78, 5) is 0. The van der Waals surface area contributed by atoms with E-state index in [0.29, 0.717) is 13.1 Å². The summed E-state index contributed by atoms with van der Waals surface area (Å²) in [6.07, 6.45) is 0. The molecule has 2 heterocycles. The van der Waals surface area contributed by atoms with Crippen LogP contribution in [0.1, 0.15) is 0 Å². The topological polar surface area (TPSA) is 24.1 Å². The summed E-state index contributed by atoms with van der Waals surface area (Å²) < 4.78 is 25.1. The van der Waals surface area contributed by atoms with E-state index < -0.39 is 11.5 Å². The van der Waals surface area contributed by atoms with Gasteiger partial charge in [0, 0.05) is 13.1 Å². The van der Waals surface area contributed by atoms with E-state index in [2.05, 4.69) is 10.6 Å². The van der Waals surface area contributed by atoms with Crippen LogP contribution in [0.3, 0.4) is 0 Å². The third kappa shape index (κ3) is 0.460. The summed E-state index contributed by atoms with van der Waals surface area (Å²) in [5, 5.41) is 5.55. The Labute approximate surface area is 51.6 Å². The molecule has 0 amide bonds. The van der Waals surface area contributed by atoms with E-state index in [1.54, 1.807) is 0 Å². The number of hydrogen-bond donors (Lipinski definition) is 2. The van der Waals surface area contributed by atoms with Crippen molar-refractivity contribution < 1.29 is 8.78 Å². The Morgan fingerprint density at radius 1 is 1.11 bits per heavy atom. The normalized spacial score (nSPS) is 35.3. The Hall–Kier alpha value is -0.220. The molecule has 9 heavy (non-hydrogen) atoms. The van der Waals surface area contributed by atoms with E-state index in [4.69, 9.17) is 0 Å². The van der Waals surface area contributed by atoms with Gasteiger partial charge >= 0.3 is 0 Å². The van der Waals surface area contributed by atoms with Crippen molar-refractivity contribution >= 4 is 0 Å². The van der Waals surface area contributed by atoms with Gasteiger partial charge in [0.1, 0.15) is 5.54 Å². The van der Waals surface area contributed by atoms with Crippen LogP contribution in [0.15, 0.2) is 0 Å². The molecule has 2 rings (SSSR count). The fraction of sp³-hybridized carbons (Fsp3) is 1.00. The molecule has 0 aromatic rings. The minimum atomic E-state index is -2.46. The Bertz CT molecular complexity index is 136. The SMILES string of the molecule is FC1(F)CNC12CNC2. The summed E-state index contributed by atoms with van der Waals surface area (Å²) in [6, 6.07) is 0. The monoisotopic (exact) mass is 134 g/mol. The van der Waals surface area contributed by atoms with Gasteiger partial charge in [0.05, 0.1) is 6.54 Å². The first-order valence-electron chi connectivity index (χ1n) is 3.00. The molecule has 0 aromatic heterocycles. The zero-order chi connectivity index (χ0) is 6.54. The molecule has 0 saturated carbocycles. The highest BCUT2D eigenvalue weighted by molar-refractivity contribution is 5.18. The quantitative estimate of drug-likeness (QED) is 0.469. The zero-order valence-electron chi connectivity index (χ0n) is 4.88. The summed E-state index contributed by atoms with van der Waals surface area (Å²) >= 11 is 0. The molecule has 0 atom stereocenters. The van der Waals surface area contributed by atoms with E-state index in [-0.39, 0.29) is 6.54 Å². The van der Waals surface area contributed by atoms with Gasteiger partial charge in [-0.15, -0.1) is 0 Å². The lowest BCUT2D eigenvalue weighted by Gasteiger charge is -2.56. The van der Waals surface area contributed by atoms with Crippen LogP contribution in [-0.4, -0.2) is 31.1 Å². The molecule has 52 valence electrons. The second-order valence-corrected chi connectivity index (χ2v) is 2.74. The van der Waals surface area contributed by atoms with Gasteiger partial charge in [-0.3, -0.25) is 5.32 Å². The molecule has 0 aliphatic carbocycles. The van der Waals surface area contributed by atoms with Crippen LogP contribution in [0.2, 0.25) is 0 Å². The molecule has 2 nitrogen and oxygen atoms in total. The molecule has 0 unspecified atom stereocenters. The predicted octanol–water partition coefficient (Wildman–Crippen LogP) is -0.433. The van der Waals surface area contributed by atoms with Crippen LogP contribution in [-0.2, 0) is 0 Å². The molecular formula is C5H8F2N2. The second-order valence-electron chi connectivity index (χ2n) is 2.74. The van der Waals surface area contributed by atoms with Crippen molar-refractivity contribution in [2.75, 3.05) is 19.6 Å². The summed E-state index contributed by atoms with van der Waals surface area (Å²) in [6.45, 7) is 0.689. The van der Waals surface area contributed by atoms with E-state index in [1.165, 1.54) is 0 Å². The lowest BCUT2D eigenvalue weighted by Crippen LogP contribution is -2.86. The zero-order valence-corrected chi connectivity index (χ0v) is 4.88. The van der Waals surface area contributed by atoms with Crippen LogP contribution in [0.25, 0.3) is 0 Å². The Kier molecular flexibility index (Phi) is 0.784. The van der Waals surface area contributed by atoms with Gasteiger partial charge in [-0.25, -0.2) is 8.78 Å². The van der Waals surface area contributed by atoms with Crippen molar-refractivity contribution in [2.45, 2.75) is 11.5 Å². The van der Waals surface area contributed by atoms with Crippen molar-refractivity contribution in [3.05, 3.63) is 0 Å². The van der Waals surface area contributed by atoms with Crippen LogP contribution in [0, 0.1) is 0 Å². The van der Waals surface area contributed by atoms with Crippen molar-refractivity contribution in [2.24, 2.45) is 0 Å². The fourth-order valence-electron chi connectivity index (χ4n) is 1.23. The average Bonchev–Trinajstić information content (AvgIpc) is 1.59. The molecule has 0 radical (unpaired) electrons. The average molecular weight is 134 g/mol. The van der Waals surface area contributed by atoms with Crippen LogP contribution >= 0.6 is 0 Å². The highest BCUT2D eigenvalue weighted by Gasteiger charge is 2.64. The van der Waals surface area contributed by atoms with Crippen molar-refractivity contribution in [3.8, 4) is 0 Å². The van der Waals surface area contributed by atoms with E-state index in [9.17, 15) is 8.78 Å². The van der Waals surface area contributed by atoms with E-state index in [1.807, 2.05) is 0 Å². The molecule has 2 N–H and O–H groups in total. The Morgan fingerprint density at radius 3 is 1.78 bits per heavy atom. The number of nitrogens with one attached hydrogen (secondary N) is 2. The molecule has 2 aliphatic heterocycles. The molecule has 2 aliphatic rings. The van der Waals surface area contributed by atoms with Gasteiger partial charge in [0.25, 0.3) is 5.92 Å². The minimum absolute atomic E-state index is 0.144.